The number of aromatic nitrogens is 1. The zero-order valence-electron chi connectivity index (χ0n) is 18.6. The molecule has 8 heteroatoms. The van der Waals surface area contributed by atoms with Crippen molar-refractivity contribution in [3.8, 4) is 11.5 Å². The molecule has 0 saturated carbocycles. The number of piperazine rings is 1. The summed E-state index contributed by atoms with van der Waals surface area (Å²) in [7, 11) is 0. The van der Waals surface area contributed by atoms with Crippen LogP contribution in [-0.4, -0.2) is 55.1 Å². The maximum absolute atomic E-state index is 14.0. The highest BCUT2D eigenvalue weighted by atomic mass is 32.1. The molecule has 0 spiro atoms. The molecule has 34 heavy (non-hydrogen) atoms. The highest BCUT2D eigenvalue weighted by Gasteiger charge is 2.20. The lowest BCUT2D eigenvalue weighted by atomic mass is 10.2. The molecule has 0 atom stereocenters. The summed E-state index contributed by atoms with van der Waals surface area (Å²) in [6, 6.07) is 21.8. The summed E-state index contributed by atoms with van der Waals surface area (Å²) in [4.78, 5) is 21.6. The topological polar surface area (TPSA) is 57.7 Å². The first-order valence-corrected chi connectivity index (χ1v) is 12.1. The Hall–Kier alpha value is -3.49. The fourth-order valence-electron chi connectivity index (χ4n) is 3.96. The fourth-order valence-corrected chi connectivity index (χ4v) is 4.99. The van der Waals surface area contributed by atoms with Crippen LogP contribution < -0.4 is 15.0 Å². The van der Waals surface area contributed by atoms with Gasteiger partial charge in [0.05, 0.1) is 4.70 Å². The van der Waals surface area contributed by atoms with Gasteiger partial charge < -0.3 is 15.0 Å². The summed E-state index contributed by atoms with van der Waals surface area (Å²) in [5.41, 5.74) is 1.02. The lowest BCUT2D eigenvalue weighted by Crippen LogP contribution is -2.48. The van der Waals surface area contributed by atoms with Crippen molar-refractivity contribution in [2.45, 2.75) is 0 Å². The minimum atomic E-state index is -0.272. The highest BCUT2D eigenvalue weighted by molar-refractivity contribution is 7.22. The van der Waals surface area contributed by atoms with Gasteiger partial charge in [-0.25, -0.2) is 9.37 Å². The molecular weight excluding hydrogens is 451 g/mol. The van der Waals surface area contributed by atoms with Crippen molar-refractivity contribution in [1.82, 2.24) is 15.2 Å². The number of thiazole rings is 1. The van der Waals surface area contributed by atoms with Crippen molar-refractivity contribution in [1.29, 1.82) is 0 Å². The Morgan fingerprint density at radius 3 is 2.53 bits per heavy atom. The summed E-state index contributed by atoms with van der Waals surface area (Å²) in [6.45, 7) is 4.73. The molecule has 0 radical (unpaired) electrons. The van der Waals surface area contributed by atoms with Gasteiger partial charge >= 0.3 is 0 Å². The lowest BCUT2D eigenvalue weighted by molar-refractivity contribution is 0.0947. The van der Waals surface area contributed by atoms with E-state index in [4.69, 9.17) is 4.74 Å². The van der Waals surface area contributed by atoms with E-state index in [9.17, 15) is 9.18 Å². The third-order valence-electron chi connectivity index (χ3n) is 5.79. The molecule has 6 nitrogen and oxygen atoms in total. The maximum Gasteiger partial charge on any atom is 0.251 e. The van der Waals surface area contributed by atoms with Crippen molar-refractivity contribution in [3.63, 3.8) is 0 Å². The minimum absolute atomic E-state index is 0.117. The number of anilines is 1. The molecule has 4 aromatic rings. The smallest absolute Gasteiger partial charge is 0.251 e. The van der Waals surface area contributed by atoms with E-state index < -0.39 is 0 Å². The van der Waals surface area contributed by atoms with Crippen LogP contribution in [0.2, 0.25) is 0 Å². The molecule has 174 valence electrons. The van der Waals surface area contributed by atoms with Gasteiger partial charge in [-0.15, -0.1) is 0 Å². The molecule has 1 aliphatic heterocycles. The van der Waals surface area contributed by atoms with Gasteiger partial charge in [0.15, 0.2) is 5.13 Å². The lowest BCUT2D eigenvalue weighted by Gasteiger charge is -2.34. The van der Waals surface area contributed by atoms with Crippen LogP contribution >= 0.6 is 11.3 Å². The maximum atomic E-state index is 14.0. The van der Waals surface area contributed by atoms with Gasteiger partial charge in [0, 0.05) is 44.8 Å². The van der Waals surface area contributed by atoms with Gasteiger partial charge in [0.25, 0.3) is 5.91 Å². The van der Waals surface area contributed by atoms with Gasteiger partial charge in [-0.1, -0.05) is 41.7 Å². The molecule has 1 aromatic heterocycles. The van der Waals surface area contributed by atoms with Crippen molar-refractivity contribution < 1.29 is 13.9 Å². The summed E-state index contributed by atoms with van der Waals surface area (Å²) >= 11 is 1.53. The second-order valence-corrected chi connectivity index (χ2v) is 9.12. The number of fused-ring (bicyclic) bond motifs is 1. The molecule has 0 bridgehead atoms. The van der Waals surface area contributed by atoms with E-state index in [0.29, 0.717) is 23.4 Å². The molecule has 1 amide bonds. The first-order chi connectivity index (χ1) is 16.7. The van der Waals surface area contributed by atoms with E-state index in [0.717, 1.165) is 48.3 Å². The number of halogens is 1. The average Bonchev–Trinajstić information content (AvgIpc) is 3.31. The molecule has 1 fully saturated rings. The molecule has 2 heterocycles. The summed E-state index contributed by atoms with van der Waals surface area (Å²) < 4.78 is 20.6. The van der Waals surface area contributed by atoms with Crippen LogP contribution in [0.3, 0.4) is 0 Å². The molecule has 1 N–H and O–H groups in total. The Bertz CT molecular complexity index is 1270. The summed E-state index contributed by atoms with van der Waals surface area (Å²) in [5.74, 6) is 0.972. The van der Waals surface area contributed by atoms with Gasteiger partial charge in [0.1, 0.15) is 22.8 Å². The number of amides is 1. The van der Waals surface area contributed by atoms with Crippen LogP contribution in [-0.2, 0) is 0 Å². The van der Waals surface area contributed by atoms with Crippen molar-refractivity contribution in [2.24, 2.45) is 0 Å². The number of hydrogen-bond donors (Lipinski definition) is 1. The SMILES string of the molecule is O=C(NCCN1CCN(c2nc3c(F)cccc3s2)CC1)c1cccc(Oc2ccccc2)c1. The Balaban J connectivity index is 1.09. The number of ether oxygens (including phenoxy) is 1. The van der Waals surface area contributed by atoms with E-state index in [-0.39, 0.29) is 11.7 Å². The highest BCUT2D eigenvalue weighted by Crippen LogP contribution is 2.30. The van der Waals surface area contributed by atoms with E-state index in [1.54, 1.807) is 18.2 Å². The zero-order valence-corrected chi connectivity index (χ0v) is 19.4. The molecular formula is C26H25FN4O2S. The van der Waals surface area contributed by atoms with Gasteiger partial charge in [-0.3, -0.25) is 9.69 Å². The molecule has 0 unspecified atom stereocenters. The van der Waals surface area contributed by atoms with Gasteiger partial charge in [0.2, 0.25) is 0 Å². The number of para-hydroxylation sites is 2. The van der Waals surface area contributed by atoms with Crippen molar-refractivity contribution in [3.05, 3.63) is 84.2 Å². The first kappa shape index (κ1) is 22.3. The molecule has 1 aliphatic rings. The van der Waals surface area contributed by atoms with Crippen molar-refractivity contribution >= 4 is 32.6 Å². The van der Waals surface area contributed by atoms with E-state index >= 15 is 0 Å². The Morgan fingerprint density at radius 1 is 0.971 bits per heavy atom. The number of carbonyl (C=O) groups is 1. The predicted octanol–water partition coefficient (Wildman–Crippen LogP) is 4.78. The predicted molar refractivity (Wildman–Crippen MR) is 134 cm³/mol. The van der Waals surface area contributed by atoms with Crippen LogP contribution in [0.1, 0.15) is 10.4 Å². The second kappa shape index (κ2) is 10.2. The van der Waals surface area contributed by atoms with Crippen LogP contribution in [0.25, 0.3) is 10.2 Å². The minimum Gasteiger partial charge on any atom is -0.457 e. The monoisotopic (exact) mass is 476 g/mol. The summed E-state index contributed by atoms with van der Waals surface area (Å²) in [5, 5.41) is 3.87. The Labute approximate surface area is 201 Å². The van der Waals surface area contributed by atoms with Gasteiger partial charge in [-0.05, 0) is 42.5 Å². The van der Waals surface area contributed by atoms with E-state index in [1.807, 2.05) is 48.5 Å². The van der Waals surface area contributed by atoms with Gasteiger partial charge in [-0.2, -0.15) is 0 Å². The average molecular weight is 477 g/mol. The standard InChI is InChI=1S/C26H25FN4O2S/c27-22-10-5-11-23-24(22)29-26(34-23)31-16-14-30(15-17-31)13-12-28-25(32)19-6-4-9-21(18-19)33-20-7-2-1-3-8-20/h1-11,18H,12-17H2,(H,28,32). The fraction of sp³-hybridized carbons (Fsp3) is 0.231. The number of nitrogens with one attached hydrogen (secondary N) is 1. The zero-order chi connectivity index (χ0) is 23.3. The molecule has 1 saturated heterocycles. The van der Waals surface area contributed by atoms with E-state index in [1.165, 1.54) is 17.4 Å². The van der Waals surface area contributed by atoms with Crippen LogP contribution in [0.4, 0.5) is 9.52 Å². The number of benzene rings is 3. The molecule has 3 aromatic carbocycles. The second-order valence-electron chi connectivity index (χ2n) is 8.11. The Morgan fingerprint density at radius 2 is 1.74 bits per heavy atom. The Kier molecular flexibility index (Phi) is 6.69. The van der Waals surface area contributed by atoms with E-state index in [2.05, 4.69) is 20.1 Å². The number of nitrogens with zero attached hydrogens (tertiary/aromatic N) is 3. The first-order valence-electron chi connectivity index (χ1n) is 11.3. The summed E-state index contributed by atoms with van der Waals surface area (Å²) in [6.07, 6.45) is 0. The third-order valence-corrected chi connectivity index (χ3v) is 6.87. The normalized spacial score (nSPS) is 14.3. The molecule has 5 rings (SSSR count). The molecule has 0 aliphatic carbocycles. The van der Waals surface area contributed by atoms with Crippen LogP contribution in [0, 0.1) is 5.82 Å². The number of hydrogen-bond acceptors (Lipinski definition) is 6. The van der Waals surface area contributed by atoms with Crippen molar-refractivity contribution in [2.75, 3.05) is 44.2 Å². The largest absolute Gasteiger partial charge is 0.457 e. The number of carbonyl (C=O) groups excluding carboxylic acids is 1. The number of rotatable bonds is 7. The quantitative estimate of drug-likeness (QED) is 0.416. The van der Waals surface area contributed by atoms with Crippen LogP contribution in [0.5, 0.6) is 11.5 Å². The van der Waals surface area contributed by atoms with Crippen LogP contribution in [0.15, 0.2) is 72.8 Å². The third kappa shape index (κ3) is 5.18.